The molecule has 0 fully saturated rings. The molecule has 4 N–H and O–H groups in total. The molecule has 3 atom stereocenters. The molecule has 1 amide bonds. The molecule has 0 aliphatic carbocycles. The fourth-order valence-corrected chi connectivity index (χ4v) is 1.40. The maximum atomic E-state index is 11.8. The first-order valence-electron chi connectivity index (χ1n) is 5.90. The van der Waals surface area contributed by atoms with Gasteiger partial charge in [-0.25, -0.2) is 4.79 Å². The van der Waals surface area contributed by atoms with E-state index in [0.29, 0.717) is 0 Å². The van der Waals surface area contributed by atoms with Crippen molar-refractivity contribution in [2.45, 2.75) is 53.1 Å². The van der Waals surface area contributed by atoms with Gasteiger partial charge in [0.05, 0.1) is 6.04 Å². The van der Waals surface area contributed by atoms with Crippen LogP contribution in [0, 0.1) is 11.3 Å². The smallest absolute Gasteiger partial charge is 0.326 e. The number of rotatable bonds is 5. The van der Waals surface area contributed by atoms with Gasteiger partial charge in [-0.1, -0.05) is 41.0 Å². The van der Waals surface area contributed by atoms with Gasteiger partial charge in [0, 0.05) is 0 Å². The summed E-state index contributed by atoms with van der Waals surface area (Å²) < 4.78 is 0. The SMILES string of the molecule is CCC(C)[C@H](N)C(=O)NC(C(=O)O)C(C)(C)C. The van der Waals surface area contributed by atoms with E-state index in [1.54, 1.807) is 20.8 Å². The van der Waals surface area contributed by atoms with Crippen molar-refractivity contribution in [2.24, 2.45) is 17.1 Å². The van der Waals surface area contributed by atoms with Gasteiger partial charge in [-0.3, -0.25) is 4.79 Å². The lowest BCUT2D eigenvalue weighted by atomic mass is 9.86. The molecule has 0 aromatic heterocycles. The van der Waals surface area contributed by atoms with Crippen LogP contribution >= 0.6 is 0 Å². The lowest BCUT2D eigenvalue weighted by Gasteiger charge is -2.29. The van der Waals surface area contributed by atoms with Crippen LogP contribution in [0.5, 0.6) is 0 Å². The number of nitrogens with one attached hydrogen (secondary N) is 1. The first-order chi connectivity index (χ1) is 7.61. The average molecular weight is 244 g/mol. The zero-order valence-electron chi connectivity index (χ0n) is 11.3. The summed E-state index contributed by atoms with van der Waals surface area (Å²) in [4.78, 5) is 22.9. The van der Waals surface area contributed by atoms with Crippen molar-refractivity contribution in [3.05, 3.63) is 0 Å². The minimum absolute atomic E-state index is 0.0319. The highest BCUT2D eigenvalue weighted by atomic mass is 16.4. The van der Waals surface area contributed by atoms with E-state index in [9.17, 15) is 9.59 Å². The summed E-state index contributed by atoms with van der Waals surface area (Å²) in [6.45, 7) is 9.11. The van der Waals surface area contributed by atoms with Crippen LogP contribution in [0.3, 0.4) is 0 Å². The standard InChI is InChI=1S/C12H24N2O3/c1-6-7(2)8(13)10(15)14-9(11(16)17)12(3,4)5/h7-9H,6,13H2,1-5H3,(H,14,15)(H,16,17)/t7?,8-,9?/m0/s1. The van der Waals surface area contributed by atoms with Crippen LogP contribution in [-0.2, 0) is 9.59 Å². The predicted molar refractivity (Wildman–Crippen MR) is 66.5 cm³/mol. The van der Waals surface area contributed by atoms with Gasteiger partial charge in [0.2, 0.25) is 5.91 Å². The quantitative estimate of drug-likeness (QED) is 0.672. The number of carboxylic acids is 1. The topological polar surface area (TPSA) is 92.4 Å². The Labute approximate surface area is 103 Å². The highest BCUT2D eigenvalue weighted by molar-refractivity contribution is 5.87. The van der Waals surface area contributed by atoms with Gasteiger partial charge < -0.3 is 16.2 Å². The molecule has 0 radical (unpaired) electrons. The normalized spacial score (nSPS) is 17.1. The van der Waals surface area contributed by atoms with Gasteiger partial charge in [0.1, 0.15) is 6.04 Å². The van der Waals surface area contributed by atoms with Gasteiger partial charge in [-0.15, -0.1) is 0 Å². The summed E-state index contributed by atoms with van der Waals surface area (Å²) in [6.07, 6.45) is 0.780. The lowest BCUT2D eigenvalue weighted by Crippen LogP contribution is -2.55. The van der Waals surface area contributed by atoms with Crippen LogP contribution in [-0.4, -0.2) is 29.1 Å². The molecule has 0 heterocycles. The zero-order valence-corrected chi connectivity index (χ0v) is 11.3. The molecule has 0 saturated carbocycles. The molecular formula is C12H24N2O3. The molecule has 0 saturated heterocycles. The fourth-order valence-electron chi connectivity index (χ4n) is 1.40. The Kier molecular flexibility index (Phi) is 5.61. The molecular weight excluding hydrogens is 220 g/mol. The highest BCUT2D eigenvalue weighted by Crippen LogP contribution is 2.19. The minimum atomic E-state index is -1.04. The second-order valence-corrected chi connectivity index (χ2v) is 5.56. The van der Waals surface area contributed by atoms with Crippen LogP contribution < -0.4 is 11.1 Å². The molecule has 0 aliphatic heterocycles. The van der Waals surface area contributed by atoms with E-state index in [-0.39, 0.29) is 5.92 Å². The van der Waals surface area contributed by atoms with E-state index >= 15 is 0 Å². The monoisotopic (exact) mass is 244 g/mol. The van der Waals surface area contributed by atoms with E-state index in [1.807, 2.05) is 13.8 Å². The highest BCUT2D eigenvalue weighted by Gasteiger charge is 2.34. The number of amides is 1. The summed E-state index contributed by atoms with van der Waals surface area (Å²) in [6, 6.07) is -1.59. The molecule has 0 aliphatic rings. The first kappa shape index (κ1) is 15.9. The third-order valence-electron chi connectivity index (χ3n) is 2.96. The molecule has 0 spiro atoms. The number of hydrogen-bond acceptors (Lipinski definition) is 3. The van der Waals surface area contributed by atoms with Crippen molar-refractivity contribution in [2.75, 3.05) is 0 Å². The van der Waals surface area contributed by atoms with Crippen molar-refractivity contribution in [3.8, 4) is 0 Å². The van der Waals surface area contributed by atoms with Crippen LogP contribution in [0.2, 0.25) is 0 Å². The van der Waals surface area contributed by atoms with Crippen molar-refractivity contribution in [1.82, 2.24) is 5.32 Å². The van der Waals surface area contributed by atoms with E-state index < -0.39 is 29.4 Å². The van der Waals surface area contributed by atoms with Crippen LogP contribution in [0.1, 0.15) is 41.0 Å². The molecule has 0 rings (SSSR count). The Bertz CT molecular complexity index is 284. The number of hydrogen-bond donors (Lipinski definition) is 3. The largest absolute Gasteiger partial charge is 0.480 e. The van der Waals surface area contributed by atoms with E-state index in [2.05, 4.69) is 5.32 Å². The van der Waals surface area contributed by atoms with Gasteiger partial charge in [0.15, 0.2) is 0 Å². The van der Waals surface area contributed by atoms with Crippen molar-refractivity contribution in [1.29, 1.82) is 0 Å². The Morgan fingerprint density at radius 2 is 1.82 bits per heavy atom. The number of aliphatic carboxylic acids is 1. The van der Waals surface area contributed by atoms with Crippen molar-refractivity contribution >= 4 is 11.9 Å². The molecule has 2 unspecified atom stereocenters. The van der Waals surface area contributed by atoms with Crippen molar-refractivity contribution < 1.29 is 14.7 Å². The van der Waals surface area contributed by atoms with Crippen LogP contribution in [0.25, 0.3) is 0 Å². The molecule has 5 heteroatoms. The van der Waals surface area contributed by atoms with Crippen molar-refractivity contribution in [3.63, 3.8) is 0 Å². The maximum Gasteiger partial charge on any atom is 0.326 e. The fraction of sp³-hybridized carbons (Fsp3) is 0.833. The molecule has 0 aromatic rings. The van der Waals surface area contributed by atoms with Crippen LogP contribution in [0.4, 0.5) is 0 Å². The Morgan fingerprint density at radius 3 is 2.12 bits per heavy atom. The van der Waals surface area contributed by atoms with Gasteiger partial charge >= 0.3 is 5.97 Å². The first-order valence-corrected chi connectivity index (χ1v) is 5.90. The Hall–Kier alpha value is -1.10. The van der Waals surface area contributed by atoms with Gasteiger partial charge in [-0.2, -0.15) is 0 Å². The second-order valence-electron chi connectivity index (χ2n) is 5.56. The zero-order chi connectivity index (χ0) is 13.8. The number of carbonyl (C=O) groups is 2. The molecule has 0 aromatic carbocycles. The molecule has 0 bridgehead atoms. The Balaban J connectivity index is 4.69. The third-order valence-corrected chi connectivity index (χ3v) is 2.96. The second kappa shape index (κ2) is 6.00. The average Bonchev–Trinajstić information content (AvgIpc) is 2.21. The molecule has 100 valence electrons. The molecule has 5 nitrogen and oxygen atoms in total. The summed E-state index contributed by atoms with van der Waals surface area (Å²) in [7, 11) is 0. The summed E-state index contributed by atoms with van der Waals surface area (Å²) in [5, 5.41) is 11.6. The van der Waals surface area contributed by atoms with E-state index in [1.165, 1.54) is 0 Å². The van der Waals surface area contributed by atoms with E-state index in [0.717, 1.165) is 6.42 Å². The Morgan fingerprint density at radius 1 is 1.35 bits per heavy atom. The van der Waals surface area contributed by atoms with Gasteiger partial charge in [0.25, 0.3) is 0 Å². The minimum Gasteiger partial charge on any atom is -0.480 e. The maximum absolute atomic E-state index is 11.8. The number of carbonyl (C=O) groups excluding carboxylic acids is 1. The van der Waals surface area contributed by atoms with Crippen LogP contribution in [0.15, 0.2) is 0 Å². The lowest BCUT2D eigenvalue weighted by molar-refractivity contribution is -0.145. The van der Waals surface area contributed by atoms with Gasteiger partial charge in [-0.05, 0) is 11.3 Å². The summed E-state index contributed by atoms with van der Waals surface area (Å²) in [5.74, 6) is -1.41. The summed E-state index contributed by atoms with van der Waals surface area (Å²) in [5.41, 5.74) is 5.21. The third kappa shape index (κ3) is 4.73. The number of carboxylic acid groups (broad SMARTS) is 1. The number of nitrogens with two attached hydrogens (primary N) is 1. The summed E-state index contributed by atoms with van der Waals surface area (Å²) >= 11 is 0. The predicted octanol–water partition coefficient (Wildman–Crippen LogP) is 0.975. The molecule has 17 heavy (non-hydrogen) atoms. The van der Waals surface area contributed by atoms with E-state index in [4.69, 9.17) is 10.8 Å².